The maximum Gasteiger partial charge on any atom is 0.410 e. The number of carbonyl (C=O) groups excluding carboxylic acids is 1. The van der Waals surface area contributed by atoms with Gasteiger partial charge in [0, 0.05) is 13.1 Å². The molecule has 2 aliphatic rings. The number of rotatable bonds is 3. The van der Waals surface area contributed by atoms with E-state index in [1.54, 1.807) is 11.0 Å². The van der Waals surface area contributed by atoms with Gasteiger partial charge < -0.3 is 19.8 Å². The van der Waals surface area contributed by atoms with Crippen LogP contribution in [0.4, 0.5) is 10.5 Å². The van der Waals surface area contributed by atoms with Gasteiger partial charge >= 0.3 is 16.3 Å². The minimum absolute atomic E-state index is 0.0457. The summed E-state index contributed by atoms with van der Waals surface area (Å²) in [6, 6.07) is 4.74. The first-order valence-electron chi connectivity index (χ1n) is 9.47. The van der Waals surface area contributed by atoms with E-state index in [9.17, 15) is 23.4 Å². The molecule has 2 heterocycles. The average Bonchev–Trinajstić information content (AvgIpc) is 2.86. The van der Waals surface area contributed by atoms with Gasteiger partial charge in [-0.1, -0.05) is 6.07 Å². The van der Waals surface area contributed by atoms with Crippen LogP contribution in [0.25, 0.3) is 0 Å². The minimum Gasteiger partial charge on any atom is -0.506 e. The van der Waals surface area contributed by atoms with Crippen molar-refractivity contribution in [1.29, 1.82) is 0 Å². The highest BCUT2D eigenvalue weighted by Crippen LogP contribution is 2.33. The highest BCUT2D eigenvalue weighted by Gasteiger charge is 2.31. The van der Waals surface area contributed by atoms with Gasteiger partial charge in [-0.3, -0.25) is 0 Å². The molecule has 1 fully saturated rings. The summed E-state index contributed by atoms with van der Waals surface area (Å²) in [5.41, 5.74) is 0.337. The minimum atomic E-state index is -3.96. The molecule has 0 bridgehead atoms. The Balaban J connectivity index is 1.68. The molecule has 1 amide bonds. The number of nitrogens with one attached hydrogen (secondary N) is 1. The third-order valence-corrected chi connectivity index (χ3v) is 5.99. The van der Waals surface area contributed by atoms with Crippen molar-refractivity contribution in [2.24, 2.45) is 5.92 Å². The number of phenols is 1. The summed E-state index contributed by atoms with van der Waals surface area (Å²) >= 11 is 0. The van der Waals surface area contributed by atoms with Crippen LogP contribution >= 0.6 is 0 Å². The maximum absolute atomic E-state index is 12.3. The van der Waals surface area contributed by atoms with Crippen LogP contribution < -0.4 is 9.03 Å². The van der Waals surface area contributed by atoms with E-state index in [1.165, 1.54) is 12.1 Å². The van der Waals surface area contributed by atoms with E-state index in [2.05, 4.69) is 0 Å². The average molecular weight is 426 g/mol. The van der Waals surface area contributed by atoms with E-state index in [4.69, 9.17) is 4.74 Å². The van der Waals surface area contributed by atoms with Crippen molar-refractivity contribution in [3.63, 3.8) is 0 Å². The number of amides is 1. The number of aromatic hydroxyl groups is 1. The molecule has 1 atom stereocenters. The lowest BCUT2D eigenvalue weighted by Gasteiger charge is -2.34. The number of aliphatic hydroxyl groups is 1. The van der Waals surface area contributed by atoms with Crippen molar-refractivity contribution in [2.45, 2.75) is 45.6 Å². The first-order chi connectivity index (χ1) is 13.4. The predicted molar refractivity (Wildman–Crippen MR) is 108 cm³/mol. The maximum atomic E-state index is 12.3. The molecule has 1 saturated heterocycles. The second-order valence-electron chi connectivity index (χ2n) is 8.38. The number of carbonyl (C=O) groups is 1. The van der Waals surface area contributed by atoms with E-state index < -0.39 is 21.7 Å². The van der Waals surface area contributed by atoms with E-state index in [0.717, 1.165) is 28.9 Å². The first-order valence-corrected chi connectivity index (χ1v) is 10.9. The third-order valence-electron chi connectivity index (χ3n) is 4.70. The van der Waals surface area contributed by atoms with Crippen molar-refractivity contribution in [1.82, 2.24) is 9.62 Å². The number of ether oxygens (including phenoxy) is 1. The SMILES string of the molecule is CC(C)(C)OC(=O)N1CCCC(Cc2ccc(N3C=C(O)NS3(=O)=O)c(O)c2)C1. The lowest BCUT2D eigenvalue weighted by Crippen LogP contribution is -2.43. The van der Waals surface area contributed by atoms with E-state index in [-0.39, 0.29) is 23.4 Å². The lowest BCUT2D eigenvalue weighted by molar-refractivity contribution is 0.0166. The quantitative estimate of drug-likeness (QED) is 0.685. The fourth-order valence-electron chi connectivity index (χ4n) is 3.53. The van der Waals surface area contributed by atoms with Crippen molar-refractivity contribution in [3.8, 4) is 5.75 Å². The fraction of sp³-hybridized carbons (Fsp3) is 0.526. The van der Waals surface area contributed by atoms with Crippen molar-refractivity contribution >= 4 is 22.0 Å². The van der Waals surface area contributed by atoms with Gasteiger partial charge in [-0.2, -0.15) is 8.42 Å². The lowest BCUT2D eigenvalue weighted by atomic mass is 9.91. The summed E-state index contributed by atoms with van der Waals surface area (Å²) in [7, 11) is -3.96. The summed E-state index contributed by atoms with van der Waals surface area (Å²) in [6.07, 6.45) is 3.13. The van der Waals surface area contributed by atoms with Gasteiger partial charge in [0.2, 0.25) is 5.88 Å². The Morgan fingerprint density at radius 1 is 1.31 bits per heavy atom. The predicted octanol–water partition coefficient (Wildman–Crippen LogP) is 2.59. The number of likely N-dealkylation sites (tertiary alicyclic amines) is 1. The molecular formula is C19H27N3O6S. The molecule has 3 rings (SSSR count). The summed E-state index contributed by atoms with van der Waals surface area (Å²) in [5, 5.41) is 19.7. The van der Waals surface area contributed by atoms with Crippen LogP contribution in [0.3, 0.4) is 0 Å². The van der Waals surface area contributed by atoms with Gasteiger partial charge in [-0.05, 0) is 63.6 Å². The van der Waals surface area contributed by atoms with Crippen LogP contribution in [0.5, 0.6) is 5.75 Å². The van der Waals surface area contributed by atoms with Crippen LogP contribution in [0, 0.1) is 5.92 Å². The molecular weight excluding hydrogens is 398 g/mol. The van der Waals surface area contributed by atoms with Gasteiger partial charge in [0.25, 0.3) is 0 Å². The van der Waals surface area contributed by atoms with Crippen LogP contribution in [0.2, 0.25) is 0 Å². The van der Waals surface area contributed by atoms with E-state index in [1.807, 2.05) is 25.5 Å². The van der Waals surface area contributed by atoms with Crippen LogP contribution in [0.1, 0.15) is 39.2 Å². The number of benzene rings is 1. The number of piperidine rings is 1. The Bertz CT molecular complexity index is 922. The van der Waals surface area contributed by atoms with E-state index >= 15 is 0 Å². The zero-order valence-corrected chi connectivity index (χ0v) is 17.6. The van der Waals surface area contributed by atoms with Crippen LogP contribution in [-0.4, -0.2) is 48.3 Å². The standard InChI is InChI=1S/C19H27N3O6S/c1-19(2,3)28-18(25)21-8-4-5-14(11-21)9-13-6-7-15(16(23)10-13)22-12-17(24)20-29(22,26)27/h6-7,10,12,14,20,23-24H,4-5,8-9,11H2,1-3H3. The molecule has 1 aromatic carbocycles. The second kappa shape index (κ2) is 7.66. The van der Waals surface area contributed by atoms with Crippen molar-refractivity contribution in [2.75, 3.05) is 17.4 Å². The molecule has 9 nitrogen and oxygen atoms in total. The Kier molecular flexibility index (Phi) is 5.57. The summed E-state index contributed by atoms with van der Waals surface area (Å²) in [5.74, 6) is -0.515. The number of hydrogen-bond donors (Lipinski definition) is 3. The molecule has 0 spiro atoms. The van der Waals surface area contributed by atoms with Crippen LogP contribution in [0.15, 0.2) is 30.3 Å². The number of hydrogen-bond acceptors (Lipinski definition) is 6. The number of aliphatic hydroxyl groups excluding tert-OH is 1. The highest BCUT2D eigenvalue weighted by molar-refractivity contribution is 7.91. The number of phenolic OH excluding ortho intramolecular Hbond substituents is 1. The van der Waals surface area contributed by atoms with Crippen molar-refractivity contribution in [3.05, 3.63) is 35.8 Å². The topological polar surface area (TPSA) is 119 Å². The second-order valence-corrected chi connectivity index (χ2v) is 9.93. The Morgan fingerprint density at radius 3 is 2.62 bits per heavy atom. The van der Waals surface area contributed by atoms with Crippen molar-refractivity contribution < 1.29 is 28.2 Å². The Labute approximate surface area is 170 Å². The third kappa shape index (κ3) is 5.06. The van der Waals surface area contributed by atoms with E-state index in [0.29, 0.717) is 19.5 Å². The smallest absolute Gasteiger partial charge is 0.410 e. The van der Waals surface area contributed by atoms with Crippen LogP contribution in [-0.2, 0) is 21.4 Å². The highest BCUT2D eigenvalue weighted by atomic mass is 32.2. The molecule has 2 aliphatic heterocycles. The van der Waals surface area contributed by atoms with Gasteiger partial charge in [0.15, 0.2) is 0 Å². The summed E-state index contributed by atoms with van der Waals surface area (Å²) in [4.78, 5) is 14.0. The number of nitrogens with zero attached hydrogens (tertiary/aromatic N) is 2. The molecule has 1 aromatic rings. The van der Waals surface area contributed by atoms with Gasteiger partial charge in [0.05, 0.1) is 6.20 Å². The Morgan fingerprint density at radius 2 is 2.03 bits per heavy atom. The fourth-order valence-corrected chi connectivity index (χ4v) is 4.59. The molecule has 0 saturated carbocycles. The molecule has 1 unspecified atom stereocenters. The monoisotopic (exact) mass is 425 g/mol. The normalized spacial score (nSPS) is 21.5. The van der Waals surface area contributed by atoms with Gasteiger partial charge in [-0.25, -0.2) is 13.8 Å². The zero-order valence-electron chi connectivity index (χ0n) is 16.8. The molecule has 10 heteroatoms. The van der Waals surface area contributed by atoms with Gasteiger partial charge in [0.1, 0.15) is 17.0 Å². The molecule has 29 heavy (non-hydrogen) atoms. The largest absolute Gasteiger partial charge is 0.506 e. The van der Waals surface area contributed by atoms with Gasteiger partial charge in [-0.15, -0.1) is 0 Å². The molecule has 0 radical (unpaired) electrons. The summed E-state index contributed by atoms with van der Waals surface area (Å²) < 4.78 is 32.1. The molecule has 3 N–H and O–H groups in total. The molecule has 0 aliphatic carbocycles. The zero-order chi connectivity index (χ0) is 21.4. The molecule has 160 valence electrons. The summed E-state index contributed by atoms with van der Waals surface area (Å²) in [6.45, 7) is 6.73. The first kappa shape index (κ1) is 21.1. The Hall–Kier alpha value is -2.62. The number of anilines is 1. The molecule has 0 aromatic heterocycles.